The molecule has 0 bridgehead atoms. The fourth-order valence-corrected chi connectivity index (χ4v) is 1.66. The minimum absolute atomic E-state index is 0.00637. The third-order valence-corrected chi connectivity index (χ3v) is 3.16. The van der Waals surface area contributed by atoms with Gasteiger partial charge in [0.2, 0.25) is 5.82 Å². The van der Waals surface area contributed by atoms with Crippen molar-refractivity contribution in [3.05, 3.63) is 15.8 Å². The van der Waals surface area contributed by atoms with E-state index >= 15 is 0 Å². The van der Waals surface area contributed by atoms with E-state index in [4.69, 9.17) is 0 Å². The Balaban J connectivity index is 3.23. The topological polar surface area (TPSA) is 93.2 Å². The maximum Gasteiger partial charge on any atom is 0.333 e. The molecule has 2 N–H and O–H groups in total. The smallest absolute Gasteiger partial charge is 0.333 e. The zero-order chi connectivity index (χ0) is 13.9. The summed E-state index contributed by atoms with van der Waals surface area (Å²) in [5, 5.41) is 27.7. The van der Waals surface area contributed by atoms with Crippen molar-refractivity contribution in [2.75, 3.05) is 11.9 Å². The van der Waals surface area contributed by atoms with E-state index in [2.05, 4.69) is 10.4 Å². The molecule has 0 aromatic carbocycles. The largest absolute Gasteiger partial charge is 0.394 e. The Bertz CT molecular complexity index is 438. The standard InChI is InChI=1S/C11H20N4O3/c1-5-8-9(15(17)18)10(14(4)13-8)12-11(3,6-2)7-16/h12,16H,5-7H2,1-4H3. The summed E-state index contributed by atoms with van der Waals surface area (Å²) in [5.41, 5.74) is -0.154. The van der Waals surface area contributed by atoms with Gasteiger partial charge in [-0.15, -0.1) is 0 Å². The molecule has 0 aliphatic heterocycles. The molecule has 7 heteroatoms. The molecule has 0 saturated carbocycles. The Hall–Kier alpha value is -1.63. The second kappa shape index (κ2) is 5.34. The van der Waals surface area contributed by atoms with E-state index in [1.54, 1.807) is 7.05 Å². The number of rotatable bonds is 6. The summed E-state index contributed by atoms with van der Waals surface area (Å²) in [5.74, 6) is 0.343. The lowest BCUT2D eigenvalue weighted by atomic mass is 10.0. The van der Waals surface area contributed by atoms with E-state index in [9.17, 15) is 15.2 Å². The van der Waals surface area contributed by atoms with Crippen LogP contribution in [0.2, 0.25) is 0 Å². The highest BCUT2D eigenvalue weighted by Gasteiger charge is 2.30. The summed E-state index contributed by atoms with van der Waals surface area (Å²) in [7, 11) is 1.65. The number of hydrogen-bond acceptors (Lipinski definition) is 5. The molecule has 1 heterocycles. The van der Waals surface area contributed by atoms with E-state index in [0.29, 0.717) is 24.4 Å². The van der Waals surface area contributed by atoms with Gasteiger partial charge in [-0.05, 0) is 19.8 Å². The minimum Gasteiger partial charge on any atom is -0.394 e. The van der Waals surface area contributed by atoms with Crippen LogP contribution in [0.5, 0.6) is 0 Å². The molecule has 0 fully saturated rings. The minimum atomic E-state index is -0.594. The average molecular weight is 256 g/mol. The second-order valence-corrected chi connectivity index (χ2v) is 4.58. The Morgan fingerprint density at radius 1 is 1.56 bits per heavy atom. The van der Waals surface area contributed by atoms with Crippen LogP contribution in [0, 0.1) is 10.1 Å². The first-order valence-electron chi connectivity index (χ1n) is 5.97. The Kier molecular flexibility index (Phi) is 4.28. The van der Waals surface area contributed by atoms with Crippen LogP contribution >= 0.6 is 0 Å². The van der Waals surface area contributed by atoms with Crippen molar-refractivity contribution < 1.29 is 10.0 Å². The molecular weight excluding hydrogens is 236 g/mol. The van der Waals surface area contributed by atoms with Crippen molar-refractivity contribution in [1.29, 1.82) is 0 Å². The van der Waals surface area contributed by atoms with E-state index < -0.39 is 10.5 Å². The van der Waals surface area contributed by atoms with E-state index in [1.807, 2.05) is 20.8 Å². The zero-order valence-electron chi connectivity index (χ0n) is 11.2. The van der Waals surface area contributed by atoms with Gasteiger partial charge in [0.15, 0.2) is 0 Å². The van der Waals surface area contributed by atoms with Gasteiger partial charge in [0.25, 0.3) is 0 Å². The molecule has 102 valence electrons. The van der Waals surface area contributed by atoms with Crippen LogP contribution in [-0.4, -0.2) is 32.0 Å². The van der Waals surface area contributed by atoms with Crippen LogP contribution in [0.4, 0.5) is 11.5 Å². The highest BCUT2D eigenvalue weighted by atomic mass is 16.6. The zero-order valence-corrected chi connectivity index (χ0v) is 11.2. The molecule has 1 unspecified atom stereocenters. The number of nitrogens with zero attached hydrogens (tertiary/aromatic N) is 3. The molecule has 18 heavy (non-hydrogen) atoms. The molecule has 0 aliphatic carbocycles. The number of anilines is 1. The van der Waals surface area contributed by atoms with Gasteiger partial charge in [-0.2, -0.15) is 5.10 Å². The van der Waals surface area contributed by atoms with Crippen molar-refractivity contribution in [3.8, 4) is 0 Å². The van der Waals surface area contributed by atoms with E-state index in [-0.39, 0.29) is 12.3 Å². The normalized spacial score (nSPS) is 14.3. The van der Waals surface area contributed by atoms with Crippen LogP contribution < -0.4 is 5.32 Å². The van der Waals surface area contributed by atoms with Gasteiger partial charge in [-0.1, -0.05) is 13.8 Å². The first-order valence-corrected chi connectivity index (χ1v) is 5.97. The lowest BCUT2D eigenvalue weighted by Crippen LogP contribution is -2.38. The quantitative estimate of drug-likeness (QED) is 0.593. The maximum absolute atomic E-state index is 11.1. The SMILES string of the molecule is CCc1nn(C)c(NC(C)(CC)CO)c1[N+](=O)[O-]. The molecule has 1 rings (SSSR count). The van der Waals surface area contributed by atoms with Gasteiger partial charge in [0.1, 0.15) is 5.69 Å². The van der Waals surface area contributed by atoms with Crippen molar-refractivity contribution in [3.63, 3.8) is 0 Å². The van der Waals surface area contributed by atoms with Crippen molar-refractivity contribution in [1.82, 2.24) is 9.78 Å². The predicted molar refractivity (Wildman–Crippen MR) is 68.6 cm³/mol. The molecule has 0 amide bonds. The van der Waals surface area contributed by atoms with Crippen LogP contribution in [0.3, 0.4) is 0 Å². The molecule has 0 saturated heterocycles. The number of hydrogen-bond donors (Lipinski definition) is 2. The van der Waals surface area contributed by atoms with Gasteiger partial charge in [0.05, 0.1) is 17.1 Å². The molecule has 1 atom stereocenters. The van der Waals surface area contributed by atoms with Crippen molar-refractivity contribution in [2.24, 2.45) is 7.05 Å². The summed E-state index contributed by atoms with van der Waals surface area (Å²) in [6, 6.07) is 0. The average Bonchev–Trinajstić information content (AvgIpc) is 2.66. The van der Waals surface area contributed by atoms with E-state index in [0.717, 1.165) is 0 Å². The summed E-state index contributed by atoms with van der Waals surface area (Å²) < 4.78 is 1.46. The highest BCUT2D eigenvalue weighted by Crippen LogP contribution is 2.31. The van der Waals surface area contributed by atoms with E-state index in [1.165, 1.54) is 4.68 Å². The lowest BCUT2D eigenvalue weighted by molar-refractivity contribution is -0.384. The molecule has 0 radical (unpaired) electrons. The predicted octanol–water partition coefficient (Wildman–Crippen LogP) is 1.46. The Morgan fingerprint density at radius 3 is 2.56 bits per heavy atom. The molecule has 0 aliphatic rings. The highest BCUT2D eigenvalue weighted by molar-refractivity contribution is 5.61. The van der Waals surface area contributed by atoms with Crippen LogP contribution in [0.25, 0.3) is 0 Å². The van der Waals surface area contributed by atoms with Crippen LogP contribution in [0.1, 0.15) is 32.9 Å². The molecule has 0 spiro atoms. The summed E-state index contributed by atoms with van der Waals surface area (Å²) in [6.45, 7) is 5.44. The third kappa shape index (κ3) is 2.61. The molecule has 7 nitrogen and oxygen atoms in total. The lowest BCUT2D eigenvalue weighted by Gasteiger charge is -2.27. The van der Waals surface area contributed by atoms with Crippen molar-refractivity contribution in [2.45, 2.75) is 39.2 Å². The Labute approximate surface area is 106 Å². The number of aliphatic hydroxyl groups is 1. The molecule has 1 aromatic rings. The number of nitrogens with one attached hydrogen (secondary N) is 1. The summed E-state index contributed by atoms with van der Waals surface area (Å²) in [4.78, 5) is 10.7. The summed E-state index contributed by atoms with van der Waals surface area (Å²) >= 11 is 0. The third-order valence-electron chi connectivity index (χ3n) is 3.16. The number of aromatic nitrogens is 2. The number of aryl methyl sites for hydroxylation is 2. The van der Waals surface area contributed by atoms with Crippen LogP contribution in [-0.2, 0) is 13.5 Å². The summed E-state index contributed by atoms with van der Waals surface area (Å²) in [6.07, 6.45) is 1.14. The van der Waals surface area contributed by atoms with Gasteiger partial charge < -0.3 is 10.4 Å². The van der Waals surface area contributed by atoms with Crippen molar-refractivity contribution >= 4 is 11.5 Å². The first kappa shape index (κ1) is 14.4. The Morgan fingerprint density at radius 2 is 2.17 bits per heavy atom. The maximum atomic E-state index is 11.1. The molecule has 1 aromatic heterocycles. The van der Waals surface area contributed by atoms with Gasteiger partial charge >= 0.3 is 5.69 Å². The fraction of sp³-hybridized carbons (Fsp3) is 0.727. The van der Waals surface area contributed by atoms with Gasteiger partial charge in [-0.3, -0.25) is 10.1 Å². The molecular formula is C11H20N4O3. The van der Waals surface area contributed by atoms with Gasteiger partial charge in [0, 0.05) is 7.05 Å². The van der Waals surface area contributed by atoms with Crippen LogP contribution in [0.15, 0.2) is 0 Å². The monoisotopic (exact) mass is 256 g/mol. The van der Waals surface area contributed by atoms with Gasteiger partial charge in [-0.25, -0.2) is 4.68 Å². The fourth-order valence-electron chi connectivity index (χ4n) is 1.66. The number of nitro groups is 1. The first-order chi connectivity index (χ1) is 8.38. The second-order valence-electron chi connectivity index (χ2n) is 4.58. The number of aliphatic hydroxyl groups excluding tert-OH is 1.